The number of aromatic nitrogens is 2. The molecule has 204 valence electrons. The summed E-state index contributed by atoms with van der Waals surface area (Å²) in [5, 5.41) is 3.61. The zero-order chi connectivity index (χ0) is 28.9. The quantitative estimate of drug-likeness (QED) is 0.200. The van der Waals surface area contributed by atoms with Crippen LogP contribution < -0.4 is 5.43 Å². The average Bonchev–Trinajstić information content (AvgIpc) is 3.49. The van der Waals surface area contributed by atoms with Crippen molar-refractivity contribution in [3.63, 3.8) is 0 Å². The molecule has 4 heteroatoms. The van der Waals surface area contributed by atoms with Crippen molar-refractivity contribution in [3.8, 4) is 27.9 Å². The van der Waals surface area contributed by atoms with Gasteiger partial charge >= 0.3 is 0 Å². The van der Waals surface area contributed by atoms with E-state index in [-0.39, 0.29) is 10.8 Å². The summed E-state index contributed by atoms with van der Waals surface area (Å²) in [7, 11) is 0. The van der Waals surface area contributed by atoms with Crippen LogP contribution in [0.1, 0.15) is 25.0 Å². The monoisotopic (exact) mass is 554 g/mol. The highest BCUT2D eigenvalue weighted by atomic mass is 16.3. The van der Waals surface area contributed by atoms with Crippen LogP contribution in [0, 0.1) is 0 Å². The Kier molecular flexibility index (Phi) is 4.79. The lowest BCUT2D eigenvalue weighted by Gasteiger charge is -2.21. The van der Waals surface area contributed by atoms with Crippen molar-refractivity contribution < 1.29 is 4.42 Å². The first-order valence-electron chi connectivity index (χ1n) is 14.6. The van der Waals surface area contributed by atoms with E-state index in [0.29, 0.717) is 21.9 Å². The highest BCUT2D eigenvalue weighted by Crippen LogP contribution is 2.50. The van der Waals surface area contributed by atoms with Crippen LogP contribution in [0.2, 0.25) is 0 Å². The zero-order valence-electron chi connectivity index (χ0n) is 23.8. The first kappa shape index (κ1) is 24.2. The van der Waals surface area contributed by atoms with E-state index in [9.17, 15) is 4.79 Å². The van der Waals surface area contributed by atoms with Crippen LogP contribution in [-0.2, 0) is 5.41 Å². The Balaban J connectivity index is 1.21. The SMILES string of the molecule is CC1(C)c2ccccc2-c2cc3c(cc21)c1ccncc1n3-c1ccc(-c2ccc3oc4ccccc4c(=O)c3c2)cc1. The van der Waals surface area contributed by atoms with E-state index in [0.717, 1.165) is 27.8 Å². The van der Waals surface area contributed by atoms with Gasteiger partial charge in [-0.25, -0.2) is 0 Å². The molecule has 1 aliphatic carbocycles. The van der Waals surface area contributed by atoms with Gasteiger partial charge in [-0.05, 0) is 88.0 Å². The Bertz CT molecular complexity index is 2500. The summed E-state index contributed by atoms with van der Waals surface area (Å²) >= 11 is 0. The topological polar surface area (TPSA) is 48.0 Å². The fourth-order valence-electron chi connectivity index (χ4n) is 7.12. The molecule has 0 spiro atoms. The highest BCUT2D eigenvalue weighted by molar-refractivity contribution is 6.11. The van der Waals surface area contributed by atoms with Gasteiger partial charge in [0.1, 0.15) is 11.2 Å². The second-order valence-electron chi connectivity index (χ2n) is 12.0. The van der Waals surface area contributed by atoms with Gasteiger partial charge in [-0.15, -0.1) is 0 Å². The van der Waals surface area contributed by atoms with Crippen molar-refractivity contribution in [1.29, 1.82) is 0 Å². The van der Waals surface area contributed by atoms with Gasteiger partial charge in [0.25, 0.3) is 0 Å². The Morgan fingerprint density at radius 1 is 0.628 bits per heavy atom. The number of hydrogen-bond acceptors (Lipinski definition) is 3. The lowest BCUT2D eigenvalue weighted by atomic mass is 9.82. The maximum absolute atomic E-state index is 13.3. The number of pyridine rings is 1. The predicted octanol–water partition coefficient (Wildman–Crippen LogP) is 9.41. The van der Waals surface area contributed by atoms with Crippen LogP contribution in [0.25, 0.3) is 71.7 Å². The Morgan fingerprint density at radius 2 is 1.40 bits per heavy atom. The molecule has 3 aromatic heterocycles. The van der Waals surface area contributed by atoms with Gasteiger partial charge in [-0.1, -0.05) is 68.4 Å². The van der Waals surface area contributed by atoms with Crippen LogP contribution in [-0.4, -0.2) is 9.55 Å². The molecule has 0 aliphatic heterocycles. The molecule has 0 saturated carbocycles. The summed E-state index contributed by atoms with van der Waals surface area (Å²) < 4.78 is 8.34. The number of nitrogens with zero attached hydrogens (tertiary/aromatic N) is 2. The van der Waals surface area contributed by atoms with E-state index in [1.54, 1.807) is 0 Å². The van der Waals surface area contributed by atoms with Crippen molar-refractivity contribution in [2.24, 2.45) is 0 Å². The molecule has 1 aliphatic rings. The smallest absolute Gasteiger partial charge is 0.200 e. The second kappa shape index (κ2) is 8.52. The molecule has 3 heterocycles. The second-order valence-corrected chi connectivity index (χ2v) is 12.0. The summed E-state index contributed by atoms with van der Waals surface area (Å²) in [6.07, 6.45) is 3.84. The third-order valence-electron chi connectivity index (χ3n) is 9.31. The summed E-state index contributed by atoms with van der Waals surface area (Å²) in [6.45, 7) is 4.64. The van der Waals surface area contributed by atoms with E-state index >= 15 is 0 Å². The average molecular weight is 555 g/mol. The lowest BCUT2D eigenvalue weighted by molar-refractivity contribution is 0.660. The molecule has 0 amide bonds. The molecule has 0 N–H and O–H groups in total. The molecule has 0 bridgehead atoms. The maximum Gasteiger partial charge on any atom is 0.200 e. The number of fused-ring (bicyclic) bond motifs is 8. The minimum absolute atomic E-state index is 0.00890. The predicted molar refractivity (Wildman–Crippen MR) is 175 cm³/mol. The first-order valence-corrected chi connectivity index (χ1v) is 14.6. The van der Waals surface area contributed by atoms with Gasteiger partial charge in [0, 0.05) is 28.1 Å². The molecular weight excluding hydrogens is 528 g/mol. The number of para-hydroxylation sites is 1. The fraction of sp³-hybridized carbons (Fsp3) is 0.0769. The zero-order valence-corrected chi connectivity index (χ0v) is 23.8. The van der Waals surface area contributed by atoms with Crippen molar-refractivity contribution in [3.05, 3.63) is 143 Å². The summed E-state index contributed by atoms with van der Waals surface area (Å²) in [5.74, 6) is 0. The standard InChI is InChI=1S/C39H26N2O2/c1-39(2)32-9-5-3-7-26(32)29-21-34-30(20-33(29)39)27-17-18-40-22-35(27)41(34)25-14-11-23(12-15-25)24-13-16-37-31(19-24)38(42)28-8-4-6-10-36(28)43-37/h3-22H,1-2H3. The molecule has 0 radical (unpaired) electrons. The Hall–Kier alpha value is -5.48. The van der Waals surface area contributed by atoms with Gasteiger partial charge in [0.05, 0.1) is 28.0 Å². The molecule has 8 aromatic rings. The van der Waals surface area contributed by atoms with E-state index < -0.39 is 0 Å². The van der Waals surface area contributed by atoms with Crippen LogP contribution in [0.3, 0.4) is 0 Å². The van der Waals surface area contributed by atoms with Crippen LogP contribution in [0.5, 0.6) is 0 Å². The lowest BCUT2D eigenvalue weighted by Crippen LogP contribution is -2.14. The number of rotatable bonds is 2. The molecular formula is C39H26N2O2. The molecule has 0 saturated heterocycles. The van der Waals surface area contributed by atoms with Gasteiger partial charge < -0.3 is 8.98 Å². The minimum Gasteiger partial charge on any atom is -0.456 e. The van der Waals surface area contributed by atoms with Crippen LogP contribution >= 0.6 is 0 Å². The summed E-state index contributed by atoms with van der Waals surface area (Å²) in [5.41, 5.74) is 11.8. The van der Waals surface area contributed by atoms with Gasteiger partial charge in [0.2, 0.25) is 5.43 Å². The summed E-state index contributed by atoms with van der Waals surface area (Å²) in [4.78, 5) is 17.8. The first-order chi connectivity index (χ1) is 21.0. The normalized spacial score (nSPS) is 13.6. The van der Waals surface area contributed by atoms with E-state index in [4.69, 9.17) is 4.42 Å². The Labute approximate surface area is 247 Å². The molecule has 0 unspecified atom stereocenters. The minimum atomic E-state index is -0.0629. The van der Waals surface area contributed by atoms with Crippen molar-refractivity contribution in [2.75, 3.05) is 0 Å². The molecule has 5 aromatic carbocycles. The molecule has 9 rings (SSSR count). The van der Waals surface area contributed by atoms with E-state index in [1.165, 1.54) is 33.0 Å². The van der Waals surface area contributed by atoms with Crippen molar-refractivity contribution in [2.45, 2.75) is 19.3 Å². The van der Waals surface area contributed by atoms with Crippen LogP contribution in [0.15, 0.2) is 131 Å². The fourth-order valence-corrected chi connectivity index (χ4v) is 7.12. The summed E-state index contributed by atoms with van der Waals surface area (Å²) in [6, 6.07) is 37.4. The van der Waals surface area contributed by atoms with Crippen molar-refractivity contribution in [1.82, 2.24) is 9.55 Å². The van der Waals surface area contributed by atoms with E-state index in [1.807, 2.05) is 54.9 Å². The Morgan fingerprint density at radius 3 is 2.28 bits per heavy atom. The van der Waals surface area contributed by atoms with Gasteiger partial charge in [-0.2, -0.15) is 0 Å². The largest absolute Gasteiger partial charge is 0.456 e. The molecule has 0 atom stereocenters. The van der Waals surface area contributed by atoms with Gasteiger partial charge in [0.15, 0.2) is 0 Å². The third kappa shape index (κ3) is 3.32. The molecule has 4 nitrogen and oxygen atoms in total. The number of hydrogen-bond donors (Lipinski definition) is 0. The van der Waals surface area contributed by atoms with Crippen molar-refractivity contribution >= 4 is 43.7 Å². The molecule has 43 heavy (non-hydrogen) atoms. The highest BCUT2D eigenvalue weighted by Gasteiger charge is 2.36. The van der Waals surface area contributed by atoms with Crippen LogP contribution in [0.4, 0.5) is 0 Å². The third-order valence-corrected chi connectivity index (χ3v) is 9.31. The van der Waals surface area contributed by atoms with E-state index in [2.05, 4.69) is 90.1 Å². The number of benzene rings is 5. The van der Waals surface area contributed by atoms with Gasteiger partial charge in [-0.3, -0.25) is 9.78 Å². The molecule has 0 fully saturated rings. The maximum atomic E-state index is 13.3.